The summed E-state index contributed by atoms with van der Waals surface area (Å²) in [7, 11) is -3.83. The van der Waals surface area contributed by atoms with Gasteiger partial charge in [-0.25, -0.2) is 12.8 Å². The van der Waals surface area contributed by atoms with E-state index < -0.39 is 15.7 Å². The van der Waals surface area contributed by atoms with Gasteiger partial charge in [0, 0.05) is 5.02 Å². The van der Waals surface area contributed by atoms with Gasteiger partial charge in [-0.2, -0.15) is 5.26 Å². The van der Waals surface area contributed by atoms with Gasteiger partial charge >= 0.3 is 0 Å². The molecule has 2 aromatic rings. The minimum atomic E-state index is -3.83. The maximum absolute atomic E-state index is 12.8. The number of hydrogen-bond acceptors (Lipinski definition) is 3. The molecule has 0 radical (unpaired) electrons. The zero-order chi connectivity index (χ0) is 16.2. The number of rotatable bonds is 4. The van der Waals surface area contributed by atoms with Crippen LogP contribution in [-0.2, 0) is 15.6 Å². The van der Waals surface area contributed by atoms with E-state index in [4.69, 9.17) is 16.9 Å². The molecular formula is C16H11ClFNO2S. The Hall–Kier alpha value is -2.16. The van der Waals surface area contributed by atoms with Crippen molar-refractivity contribution in [1.29, 1.82) is 5.26 Å². The van der Waals surface area contributed by atoms with E-state index in [9.17, 15) is 12.8 Å². The van der Waals surface area contributed by atoms with Crippen molar-refractivity contribution in [1.82, 2.24) is 0 Å². The van der Waals surface area contributed by atoms with E-state index in [0.717, 1.165) is 0 Å². The van der Waals surface area contributed by atoms with Crippen LogP contribution in [0.25, 0.3) is 6.08 Å². The molecule has 0 aliphatic carbocycles. The van der Waals surface area contributed by atoms with E-state index in [1.54, 1.807) is 30.3 Å². The first-order valence-electron chi connectivity index (χ1n) is 6.26. The number of benzene rings is 2. The molecule has 0 spiro atoms. The van der Waals surface area contributed by atoms with Crippen LogP contribution >= 0.6 is 11.6 Å². The van der Waals surface area contributed by atoms with Gasteiger partial charge in [-0.05, 0) is 35.4 Å². The fourth-order valence-corrected chi connectivity index (χ4v) is 3.23. The number of sulfone groups is 1. The van der Waals surface area contributed by atoms with E-state index in [1.165, 1.54) is 30.3 Å². The van der Waals surface area contributed by atoms with Crippen molar-refractivity contribution in [3.05, 3.63) is 75.4 Å². The monoisotopic (exact) mass is 335 g/mol. The molecule has 2 rings (SSSR count). The molecule has 112 valence electrons. The zero-order valence-corrected chi connectivity index (χ0v) is 12.9. The average molecular weight is 336 g/mol. The minimum Gasteiger partial charge on any atom is -0.223 e. The van der Waals surface area contributed by atoms with Crippen LogP contribution in [0.1, 0.15) is 11.1 Å². The van der Waals surface area contributed by atoms with Crippen LogP contribution in [0, 0.1) is 17.1 Å². The SMILES string of the molecule is N#CC(=Cc1ccccc1Cl)S(=O)(=O)Cc1ccc(F)cc1. The Bertz CT molecular complexity index is 852. The van der Waals surface area contributed by atoms with Crippen molar-refractivity contribution in [3.8, 4) is 6.07 Å². The Labute approximate surface area is 133 Å². The molecule has 0 saturated carbocycles. The third-order valence-electron chi connectivity index (χ3n) is 2.91. The highest BCUT2D eigenvalue weighted by Gasteiger charge is 2.19. The Morgan fingerprint density at radius 2 is 1.82 bits per heavy atom. The molecule has 22 heavy (non-hydrogen) atoms. The van der Waals surface area contributed by atoms with Crippen LogP contribution in [0.4, 0.5) is 4.39 Å². The summed E-state index contributed by atoms with van der Waals surface area (Å²) in [6.07, 6.45) is 1.24. The second-order valence-corrected chi connectivity index (χ2v) is 6.89. The van der Waals surface area contributed by atoms with Crippen LogP contribution in [0.5, 0.6) is 0 Å². The number of halogens is 2. The summed E-state index contributed by atoms with van der Waals surface area (Å²) in [5.41, 5.74) is 0.852. The second kappa shape index (κ2) is 6.73. The molecule has 0 bridgehead atoms. The van der Waals surface area contributed by atoms with Gasteiger partial charge in [0.2, 0.25) is 0 Å². The highest BCUT2D eigenvalue weighted by atomic mass is 35.5. The quantitative estimate of drug-likeness (QED) is 0.795. The smallest absolute Gasteiger partial charge is 0.192 e. The molecule has 6 heteroatoms. The third-order valence-corrected chi connectivity index (χ3v) is 4.84. The van der Waals surface area contributed by atoms with Gasteiger partial charge in [0.1, 0.15) is 16.8 Å². The minimum absolute atomic E-state index is 0.354. The van der Waals surface area contributed by atoms with E-state index in [-0.39, 0.29) is 10.7 Å². The maximum Gasteiger partial charge on any atom is 0.192 e. The van der Waals surface area contributed by atoms with Crippen molar-refractivity contribution in [2.45, 2.75) is 5.75 Å². The molecule has 3 nitrogen and oxygen atoms in total. The molecule has 0 heterocycles. The largest absolute Gasteiger partial charge is 0.223 e. The summed E-state index contributed by atoms with van der Waals surface area (Å²) in [6.45, 7) is 0. The molecule has 0 unspecified atom stereocenters. The van der Waals surface area contributed by atoms with Gasteiger partial charge in [-0.1, -0.05) is 41.9 Å². The topological polar surface area (TPSA) is 57.9 Å². The first kappa shape index (κ1) is 16.2. The normalized spacial score (nSPS) is 12.0. The fraction of sp³-hybridized carbons (Fsp3) is 0.0625. The molecule has 0 amide bonds. The van der Waals surface area contributed by atoms with Gasteiger partial charge < -0.3 is 0 Å². The maximum atomic E-state index is 12.8. The van der Waals surface area contributed by atoms with Crippen LogP contribution < -0.4 is 0 Å². The average Bonchev–Trinajstić information content (AvgIpc) is 2.48. The van der Waals surface area contributed by atoms with Crippen LogP contribution in [0.3, 0.4) is 0 Å². The lowest BCUT2D eigenvalue weighted by Crippen LogP contribution is -2.06. The molecule has 0 aromatic heterocycles. The van der Waals surface area contributed by atoms with Crippen LogP contribution in [0.2, 0.25) is 5.02 Å². The molecule has 0 atom stereocenters. The molecule has 0 saturated heterocycles. The number of nitrogens with zero attached hydrogens (tertiary/aromatic N) is 1. The van der Waals surface area contributed by atoms with E-state index in [2.05, 4.69) is 0 Å². The summed E-state index contributed by atoms with van der Waals surface area (Å²) < 4.78 is 37.5. The van der Waals surface area contributed by atoms with Crippen LogP contribution in [0.15, 0.2) is 53.4 Å². The lowest BCUT2D eigenvalue weighted by Gasteiger charge is -2.04. The van der Waals surface area contributed by atoms with Gasteiger partial charge in [0.15, 0.2) is 9.84 Å². The Morgan fingerprint density at radius 3 is 2.41 bits per heavy atom. The van der Waals surface area contributed by atoms with Crippen LogP contribution in [-0.4, -0.2) is 8.42 Å². The standard InChI is InChI=1S/C16H11ClFNO2S/c17-16-4-2-1-3-13(16)9-15(10-19)22(20,21)11-12-5-7-14(18)8-6-12/h1-9H,11H2. The van der Waals surface area contributed by atoms with Crippen molar-refractivity contribution in [3.63, 3.8) is 0 Å². The predicted octanol–water partition coefficient (Wildman–Crippen LogP) is 3.96. The van der Waals surface area contributed by atoms with Gasteiger partial charge in [-0.15, -0.1) is 0 Å². The Balaban J connectivity index is 2.36. The first-order chi connectivity index (χ1) is 10.4. The van der Waals surface area contributed by atoms with Gasteiger partial charge in [-0.3, -0.25) is 0 Å². The summed E-state index contributed by atoms with van der Waals surface area (Å²) >= 11 is 5.96. The third kappa shape index (κ3) is 3.94. The fourth-order valence-electron chi connectivity index (χ4n) is 1.80. The molecular weight excluding hydrogens is 325 g/mol. The zero-order valence-electron chi connectivity index (χ0n) is 11.3. The van der Waals surface area contributed by atoms with Crippen molar-refractivity contribution in [2.24, 2.45) is 0 Å². The molecule has 0 N–H and O–H groups in total. The number of allylic oxidation sites excluding steroid dienone is 1. The van der Waals surface area contributed by atoms with Crippen molar-refractivity contribution in [2.75, 3.05) is 0 Å². The Morgan fingerprint density at radius 1 is 1.18 bits per heavy atom. The van der Waals surface area contributed by atoms with Crippen molar-refractivity contribution < 1.29 is 12.8 Å². The van der Waals surface area contributed by atoms with E-state index >= 15 is 0 Å². The molecule has 0 aliphatic heterocycles. The summed E-state index contributed by atoms with van der Waals surface area (Å²) in [6, 6.07) is 13.4. The predicted molar refractivity (Wildman–Crippen MR) is 84.1 cm³/mol. The lowest BCUT2D eigenvalue weighted by atomic mass is 10.2. The number of hydrogen-bond donors (Lipinski definition) is 0. The molecule has 2 aromatic carbocycles. The summed E-state index contributed by atoms with van der Waals surface area (Å²) in [5, 5.41) is 9.49. The highest BCUT2D eigenvalue weighted by Crippen LogP contribution is 2.22. The Kier molecular flexibility index (Phi) is 4.96. The first-order valence-corrected chi connectivity index (χ1v) is 8.29. The van der Waals surface area contributed by atoms with E-state index in [0.29, 0.717) is 16.1 Å². The highest BCUT2D eigenvalue weighted by molar-refractivity contribution is 7.95. The van der Waals surface area contributed by atoms with E-state index in [1.807, 2.05) is 0 Å². The second-order valence-electron chi connectivity index (χ2n) is 4.53. The molecule has 0 fully saturated rings. The summed E-state index contributed by atoms with van der Waals surface area (Å²) in [4.78, 5) is -0.384. The van der Waals surface area contributed by atoms with Gasteiger partial charge in [0.05, 0.1) is 5.75 Å². The number of nitriles is 1. The van der Waals surface area contributed by atoms with Gasteiger partial charge in [0.25, 0.3) is 0 Å². The summed E-state index contributed by atoms with van der Waals surface area (Å²) in [5.74, 6) is -0.829. The van der Waals surface area contributed by atoms with Crippen molar-refractivity contribution >= 4 is 27.5 Å². The molecule has 0 aliphatic rings. The lowest BCUT2D eigenvalue weighted by molar-refractivity contribution is 0.602.